The van der Waals surface area contributed by atoms with E-state index in [1.165, 1.54) is 23.1 Å². The largest absolute Gasteiger partial charge is 0.354 e. The molecule has 3 rings (SSSR count). The molecule has 0 saturated heterocycles. The van der Waals surface area contributed by atoms with Crippen molar-refractivity contribution in [1.29, 1.82) is 0 Å². The van der Waals surface area contributed by atoms with Gasteiger partial charge in [0.05, 0.1) is 12.2 Å². The van der Waals surface area contributed by atoms with Crippen molar-refractivity contribution in [2.24, 2.45) is 0 Å². The summed E-state index contributed by atoms with van der Waals surface area (Å²) in [4.78, 5) is 0. The van der Waals surface area contributed by atoms with E-state index in [1.54, 1.807) is 12.1 Å². The molecule has 26 heavy (non-hydrogen) atoms. The highest BCUT2D eigenvalue weighted by atomic mass is 19.3. The fourth-order valence-corrected chi connectivity index (χ4v) is 2.35. The van der Waals surface area contributed by atoms with Crippen LogP contribution >= 0.6 is 0 Å². The fraction of sp³-hybridized carbons (Fsp3) is 0.312. The first kappa shape index (κ1) is 17.6. The molecular formula is C16H17F2N7O. The number of tetrazole rings is 1. The number of alkyl halides is 2. The Balaban J connectivity index is 1.93. The summed E-state index contributed by atoms with van der Waals surface area (Å²) in [5, 5.41) is 22.0. The van der Waals surface area contributed by atoms with E-state index < -0.39 is 6.43 Å². The minimum atomic E-state index is -2.54. The van der Waals surface area contributed by atoms with Gasteiger partial charge in [-0.15, -0.1) is 5.10 Å². The maximum atomic E-state index is 13.0. The van der Waals surface area contributed by atoms with Crippen molar-refractivity contribution in [2.75, 3.05) is 5.32 Å². The monoisotopic (exact) mass is 361 g/mol. The highest BCUT2D eigenvalue weighted by molar-refractivity contribution is 5.78. The molecule has 0 bridgehead atoms. The predicted octanol–water partition coefficient (Wildman–Crippen LogP) is 3.30. The van der Waals surface area contributed by atoms with Gasteiger partial charge in [-0.25, -0.2) is 18.1 Å². The number of nitrogens with zero attached hydrogens (tertiary/aromatic N) is 6. The summed E-state index contributed by atoms with van der Waals surface area (Å²) in [7, 11) is 0. The summed E-state index contributed by atoms with van der Waals surface area (Å²) < 4.78 is 32.3. The van der Waals surface area contributed by atoms with Crippen molar-refractivity contribution in [3.8, 4) is 0 Å². The number of benzene rings is 1. The smallest absolute Gasteiger partial charge is 0.263 e. The molecule has 1 N–H and O–H groups in total. The number of aromatic nitrogens is 6. The van der Waals surface area contributed by atoms with Crippen molar-refractivity contribution in [2.45, 2.75) is 33.2 Å². The lowest BCUT2D eigenvalue weighted by Gasteiger charge is -2.14. The quantitative estimate of drug-likeness (QED) is 0.690. The van der Waals surface area contributed by atoms with E-state index in [-0.39, 0.29) is 12.1 Å². The Hall–Kier alpha value is -3.17. The van der Waals surface area contributed by atoms with E-state index >= 15 is 0 Å². The number of rotatable bonds is 7. The SMILES string of the molecule is CC/C(C)=C(/Nc1cccc(C(F)F)c1)c1nonc1Cn1cnnn1. The topological polar surface area (TPSA) is 94.6 Å². The third-order valence-corrected chi connectivity index (χ3v) is 3.86. The lowest BCUT2D eigenvalue weighted by atomic mass is 10.1. The lowest BCUT2D eigenvalue weighted by Crippen LogP contribution is -2.08. The highest BCUT2D eigenvalue weighted by Gasteiger charge is 2.18. The number of anilines is 1. The van der Waals surface area contributed by atoms with Gasteiger partial charge in [0, 0.05) is 11.3 Å². The van der Waals surface area contributed by atoms with E-state index in [4.69, 9.17) is 4.63 Å². The van der Waals surface area contributed by atoms with E-state index in [0.717, 1.165) is 12.0 Å². The summed E-state index contributed by atoms with van der Waals surface area (Å²) in [5.74, 6) is 0. The zero-order valence-electron chi connectivity index (χ0n) is 14.2. The molecule has 0 aliphatic heterocycles. The first-order valence-electron chi connectivity index (χ1n) is 7.96. The first-order chi connectivity index (χ1) is 12.6. The Kier molecular flexibility index (Phi) is 5.30. The average Bonchev–Trinajstić information content (AvgIpc) is 3.32. The van der Waals surface area contributed by atoms with Crippen molar-refractivity contribution >= 4 is 11.4 Å². The molecule has 0 aliphatic rings. The molecule has 2 heterocycles. The Morgan fingerprint density at radius 2 is 2.15 bits per heavy atom. The molecule has 0 radical (unpaired) electrons. The van der Waals surface area contributed by atoms with Gasteiger partial charge in [0.2, 0.25) is 0 Å². The van der Waals surface area contributed by atoms with Gasteiger partial charge in [-0.05, 0) is 46.6 Å². The maximum Gasteiger partial charge on any atom is 0.263 e. The van der Waals surface area contributed by atoms with Gasteiger partial charge < -0.3 is 5.32 Å². The number of allylic oxidation sites excluding steroid dienone is 1. The van der Waals surface area contributed by atoms with Gasteiger partial charge in [-0.2, -0.15) is 0 Å². The third-order valence-electron chi connectivity index (χ3n) is 3.86. The molecule has 8 nitrogen and oxygen atoms in total. The van der Waals surface area contributed by atoms with Crippen LogP contribution in [0.4, 0.5) is 14.5 Å². The predicted molar refractivity (Wildman–Crippen MR) is 89.1 cm³/mol. The number of nitrogens with one attached hydrogen (secondary N) is 1. The van der Waals surface area contributed by atoms with Crippen LogP contribution in [-0.2, 0) is 6.54 Å². The minimum Gasteiger partial charge on any atom is -0.354 e. The van der Waals surface area contributed by atoms with Crippen LogP contribution in [0.15, 0.2) is 40.8 Å². The summed E-state index contributed by atoms with van der Waals surface area (Å²) in [6, 6.07) is 6.07. The standard InChI is InChI=1S/C16H17F2N7O/c1-3-10(2)14(20-12-6-4-5-11(7-12)16(17)18)15-13(21-26-22-15)8-25-9-19-23-24-25/h4-7,9,16,20H,3,8H2,1-2H3/b14-10+. The molecule has 3 aromatic rings. The molecule has 0 amide bonds. The van der Waals surface area contributed by atoms with Crippen LogP contribution in [0.5, 0.6) is 0 Å². The second-order valence-corrected chi connectivity index (χ2v) is 5.63. The van der Waals surface area contributed by atoms with Crippen molar-refractivity contribution < 1.29 is 13.4 Å². The van der Waals surface area contributed by atoms with E-state index in [0.29, 0.717) is 22.8 Å². The zero-order valence-corrected chi connectivity index (χ0v) is 14.2. The molecule has 136 valence electrons. The van der Waals surface area contributed by atoms with E-state index in [1.807, 2.05) is 13.8 Å². The van der Waals surface area contributed by atoms with Crippen molar-refractivity contribution in [3.05, 3.63) is 53.1 Å². The van der Waals surface area contributed by atoms with E-state index in [9.17, 15) is 8.78 Å². The van der Waals surface area contributed by atoms with Crippen LogP contribution in [0.3, 0.4) is 0 Å². The number of hydrogen-bond acceptors (Lipinski definition) is 7. The molecule has 0 unspecified atom stereocenters. The molecule has 1 aromatic carbocycles. The number of hydrogen-bond donors (Lipinski definition) is 1. The maximum absolute atomic E-state index is 13.0. The summed E-state index contributed by atoms with van der Waals surface area (Å²) >= 11 is 0. The van der Waals surface area contributed by atoms with Crippen LogP contribution in [0.1, 0.15) is 43.6 Å². The van der Waals surface area contributed by atoms with Gasteiger partial charge in [-0.1, -0.05) is 24.2 Å². The summed E-state index contributed by atoms with van der Waals surface area (Å²) in [6.45, 7) is 4.18. The van der Waals surface area contributed by atoms with Gasteiger partial charge in [-0.3, -0.25) is 0 Å². The second-order valence-electron chi connectivity index (χ2n) is 5.63. The second kappa shape index (κ2) is 7.81. The highest BCUT2D eigenvalue weighted by Crippen LogP contribution is 2.27. The van der Waals surface area contributed by atoms with Gasteiger partial charge in [0.1, 0.15) is 12.0 Å². The van der Waals surface area contributed by atoms with E-state index in [2.05, 4.69) is 31.2 Å². The Bertz CT molecular complexity index is 890. The molecule has 2 aromatic heterocycles. The van der Waals surface area contributed by atoms with Crippen molar-refractivity contribution in [3.63, 3.8) is 0 Å². The average molecular weight is 361 g/mol. The van der Waals surface area contributed by atoms with Gasteiger partial charge in [0.15, 0.2) is 5.69 Å². The van der Waals surface area contributed by atoms with Crippen LogP contribution in [-0.4, -0.2) is 30.5 Å². The Labute approximate surface area is 147 Å². The van der Waals surface area contributed by atoms with Gasteiger partial charge in [0.25, 0.3) is 6.43 Å². The summed E-state index contributed by atoms with van der Waals surface area (Å²) in [5.41, 5.74) is 3.11. The zero-order chi connectivity index (χ0) is 18.5. The lowest BCUT2D eigenvalue weighted by molar-refractivity contribution is 0.151. The van der Waals surface area contributed by atoms with Crippen LogP contribution in [0.25, 0.3) is 5.70 Å². The molecule has 0 saturated carbocycles. The van der Waals surface area contributed by atoms with Crippen LogP contribution in [0.2, 0.25) is 0 Å². The van der Waals surface area contributed by atoms with Crippen LogP contribution < -0.4 is 5.32 Å². The van der Waals surface area contributed by atoms with Crippen molar-refractivity contribution in [1.82, 2.24) is 30.5 Å². The molecule has 0 aliphatic carbocycles. The third kappa shape index (κ3) is 3.90. The van der Waals surface area contributed by atoms with Gasteiger partial charge >= 0.3 is 0 Å². The molecule has 0 fully saturated rings. The fourth-order valence-electron chi connectivity index (χ4n) is 2.35. The normalized spacial score (nSPS) is 12.3. The molecular weight excluding hydrogens is 344 g/mol. The molecule has 10 heteroatoms. The Morgan fingerprint density at radius 1 is 1.31 bits per heavy atom. The molecule has 0 atom stereocenters. The molecule has 0 spiro atoms. The Morgan fingerprint density at radius 3 is 2.85 bits per heavy atom. The first-order valence-corrected chi connectivity index (χ1v) is 7.96. The minimum absolute atomic E-state index is 0.0595. The number of halogens is 2. The summed E-state index contributed by atoms with van der Waals surface area (Å²) in [6.07, 6.45) is -0.359. The van der Waals surface area contributed by atoms with Crippen LogP contribution in [0, 0.1) is 0 Å².